The highest BCUT2D eigenvalue weighted by Gasteiger charge is 2.26. The van der Waals surface area contributed by atoms with Crippen LogP contribution in [0.5, 0.6) is 0 Å². The van der Waals surface area contributed by atoms with Crippen molar-refractivity contribution in [1.29, 1.82) is 0 Å². The molecule has 3 nitrogen and oxygen atoms in total. The Bertz CT molecular complexity index is 438. The summed E-state index contributed by atoms with van der Waals surface area (Å²) in [5.74, 6) is 1.04. The molecule has 0 radical (unpaired) electrons. The molecule has 2 rings (SSSR count). The number of halogens is 3. The number of imidazole rings is 1. The zero-order valence-electron chi connectivity index (χ0n) is 11.9. The van der Waals surface area contributed by atoms with E-state index in [4.69, 9.17) is 0 Å². The lowest BCUT2D eigenvalue weighted by Crippen LogP contribution is -2.25. The lowest BCUT2D eigenvalue weighted by molar-refractivity contribution is -0.135. The van der Waals surface area contributed by atoms with Crippen LogP contribution in [-0.4, -0.2) is 22.3 Å². The topological polar surface area (TPSA) is 29.9 Å². The number of hydrogen-bond acceptors (Lipinski definition) is 2. The van der Waals surface area contributed by atoms with E-state index in [9.17, 15) is 13.2 Å². The van der Waals surface area contributed by atoms with Gasteiger partial charge in [-0.2, -0.15) is 13.2 Å². The van der Waals surface area contributed by atoms with E-state index in [1.54, 1.807) is 0 Å². The molecule has 0 unspecified atom stereocenters. The van der Waals surface area contributed by atoms with Gasteiger partial charge >= 0.3 is 6.18 Å². The quantitative estimate of drug-likeness (QED) is 0.815. The Labute approximate surface area is 117 Å². The smallest absolute Gasteiger partial charge is 0.332 e. The summed E-state index contributed by atoms with van der Waals surface area (Å²) in [6, 6.07) is 0. The van der Waals surface area contributed by atoms with Crippen molar-refractivity contribution in [3.8, 4) is 0 Å². The van der Waals surface area contributed by atoms with Gasteiger partial charge < -0.3 is 9.88 Å². The van der Waals surface area contributed by atoms with Gasteiger partial charge in [0.25, 0.3) is 0 Å². The van der Waals surface area contributed by atoms with Gasteiger partial charge in [0, 0.05) is 44.6 Å². The van der Waals surface area contributed by atoms with Crippen molar-refractivity contribution >= 4 is 0 Å². The molecule has 0 fully saturated rings. The van der Waals surface area contributed by atoms with Crippen LogP contribution in [0, 0.1) is 0 Å². The maximum Gasteiger partial charge on any atom is 0.389 e. The molecule has 0 atom stereocenters. The summed E-state index contributed by atoms with van der Waals surface area (Å²) in [5, 5.41) is 3.29. The van der Waals surface area contributed by atoms with Crippen molar-refractivity contribution < 1.29 is 13.2 Å². The maximum atomic E-state index is 12.2. The van der Waals surface area contributed by atoms with E-state index in [0.29, 0.717) is 13.0 Å². The lowest BCUT2D eigenvalue weighted by atomic mass is 10.1. The van der Waals surface area contributed by atoms with Crippen LogP contribution in [-0.2, 0) is 25.9 Å². The van der Waals surface area contributed by atoms with Crippen LogP contribution >= 0.6 is 0 Å². The fourth-order valence-corrected chi connectivity index (χ4v) is 2.70. The van der Waals surface area contributed by atoms with Crippen molar-refractivity contribution in [3.63, 3.8) is 0 Å². The number of unbranched alkanes of at least 4 members (excludes halogenated alkanes) is 1. The first-order chi connectivity index (χ1) is 9.51. The molecule has 1 aliphatic rings. The predicted octanol–water partition coefficient (Wildman–Crippen LogP) is 3.21. The minimum atomic E-state index is -4.04. The van der Waals surface area contributed by atoms with Crippen LogP contribution in [0.25, 0.3) is 0 Å². The molecule has 0 saturated heterocycles. The van der Waals surface area contributed by atoms with Crippen molar-refractivity contribution in [1.82, 2.24) is 14.9 Å². The number of alkyl halides is 3. The summed E-state index contributed by atoms with van der Waals surface area (Å²) in [6.07, 6.45) is -1.14. The molecule has 0 saturated carbocycles. The molecule has 114 valence electrons. The Morgan fingerprint density at radius 3 is 2.80 bits per heavy atom. The van der Waals surface area contributed by atoms with Crippen LogP contribution in [0.3, 0.4) is 0 Å². The van der Waals surface area contributed by atoms with Gasteiger partial charge in [0.05, 0.1) is 5.69 Å². The summed E-state index contributed by atoms with van der Waals surface area (Å²) in [4.78, 5) is 4.65. The van der Waals surface area contributed by atoms with Gasteiger partial charge in [0.2, 0.25) is 0 Å². The van der Waals surface area contributed by atoms with Gasteiger partial charge in [-0.25, -0.2) is 4.98 Å². The molecule has 2 heterocycles. The fraction of sp³-hybridized carbons (Fsp3) is 0.786. The minimum Gasteiger partial charge on any atom is -0.332 e. The molecule has 1 aromatic rings. The van der Waals surface area contributed by atoms with Crippen molar-refractivity contribution in [2.75, 3.05) is 6.54 Å². The summed E-state index contributed by atoms with van der Waals surface area (Å²) in [7, 11) is 0. The third kappa shape index (κ3) is 3.98. The molecule has 6 heteroatoms. The minimum absolute atomic E-state index is 0.195. The first-order valence-corrected chi connectivity index (χ1v) is 7.36. The fourth-order valence-electron chi connectivity index (χ4n) is 2.70. The van der Waals surface area contributed by atoms with E-state index < -0.39 is 12.6 Å². The largest absolute Gasteiger partial charge is 0.389 e. The van der Waals surface area contributed by atoms with Crippen LogP contribution in [0.2, 0.25) is 0 Å². The third-order valence-corrected chi connectivity index (χ3v) is 3.63. The summed E-state index contributed by atoms with van der Waals surface area (Å²) in [6.45, 7) is 4.46. The second-order valence-corrected chi connectivity index (χ2v) is 5.32. The SMILES string of the molecule is CCCc1nc2c(n1CCCCC(F)(F)F)CCNC2. The highest BCUT2D eigenvalue weighted by Crippen LogP contribution is 2.23. The monoisotopic (exact) mass is 289 g/mol. The highest BCUT2D eigenvalue weighted by molar-refractivity contribution is 5.20. The van der Waals surface area contributed by atoms with Crippen molar-refractivity contribution in [3.05, 3.63) is 17.2 Å². The van der Waals surface area contributed by atoms with Crippen LogP contribution in [0.1, 0.15) is 49.8 Å². The molecule has 1 aromatic heterocycles. The van der Waals surface area contributed by atoms with Crippen molar-refractivity contribution in [2.24, 2.45) is 0 Å². The second-order valence-electron chi connectivity index (χ2n) is 5.32. The Morgan fingerprint density at radius 1 is 1.30 bits per heavy atom. The second kappa shape index (κ2) is 6.61. The first-order valence-electron chi connectivity index (χ1n) is 7.36. The van der Waals surface area contributed by atoms with E-state index in [-0.39, 0.29) is 6.42 Å². The third-order valence-electron chi connectivity index (χ3n) is 3.63. The van der Waals surface area contributed by atoms with Crippen LogP contribution < -0.4 is 5.32 Å². The van der Waals surface area contributed by atoms with Gasteiger partial charge in [-0.05, 0) is 19.3 Å². The molecule has 0 amide bonds. The molecule has 20 heavy (non-hydrogen) atoms. The van der Waals surface area contributed by atoms with E-state index >= 15 is 0 Å². The van der Waals surface area contributed by atoms with Gasteiger partial charge in [-0.15, -0.1) is 0 Å². The molecule has 0 spiro atoms. The number of nitrogens with zero attached hydrogens (tertiary/aromatic N) is 2. The average molecular weight is 289 g/mol. The van der Waals surface area contributed by atoms with Crippen molar-refractivity contribution in [2.45, 2.75) is 64.7 Å². The maximum absolute atomic E-state index is 12.2. The Balaban J connectivity index is 2.00. The van der Waals surface area contributed by atoms with Gasteiger partial charge in [-0.1, -0.05) is 6.92 Å². The molecule has 0 bridgehead atoms. The predicted molar refractivity (Wildman–Crippen MR) is 71.5 cm³/mol. The lowest BCUT2D eigenvalue weighted by Gasteiger charge is -2.16. The van der Waals surface area contributed by atoms with Gasteiger partial charge in [-0.3, -0.25) is 0 Å². The molecular weight excluding hydrogens is 267 g/mol. The molecule has 0 aromatic carbocycles. The number of rotatable bonds is 6. The van der Waals surface area contributed by atoms with E-state index in [0.717, 1.165) is 43.9 Å². The van der Waals surface area contributed by atoms with E-state index in [1.807, 2.05) is 0 Å². The number of fused-ring (bicyclic) bond motifs is 1. The molecule has 0 aliphatic carbocycles. The normalized spacial score (nSPS) is 15.4. The number of nitrogens with one attached hydrogen (secondary N) is 1. The van der Waals surface area contributed by atoms with Crippen LogP contribution in [0.4, 0.5) is 13.2 Å². The van der Waals surface area contributed by atoms with E-state index in [2.05, 4.69) is 21.8 Å². The number of aryl methyl sites for hydroxylation is 1. The Kier molecular flexibility index (Phi) is 5.07. The summed E-state index contributed by atoms with van der Waals surface area (Å²) >= 11 is 0. The number of aromatic nitrogens is 2. The molecule has 1 N–H and O–H groups in total. The average Bonchev–Trinajstić information content (AvgIpc) is 2.72. The summed E-state index contributed by atoms with van der Waals surface area (Å²) in [5.41, 5.74) is 2.30. The van der Waals surface area contributed by atoms with Gasteiger partial charge in [0.15, 0.2) is 0 Å². The molecule has 1 aliphatic heterocycles. The number of hydrogen-bond donors (Lipinski definition) is 1. The Morgan fingerprint density at radius 2 is 2.10 bits per heavy atom. The standard InChI is InChI=1S/C14H22F3N3/c1-2-5-13-19-11-10-18-8-6-12(11)20(13)9-4-3-7-14(15,16)17/h18H,2-10H2,1H3. The van der Waals surface area contributed by atoms with Gasteiger partial charge in [0.1, 0.15) is 5.82 Å². The first kappa shape index (κ1) is 15.4. The zero-order chi connectivity index (χ0) is 14.6. The molecular formula is C14H22F3N3. The van der Waals surface area contributed by atoms with Crippen LogP contribution in [0.15, 0.2) is 0 Å². The summed E-state index contributed by atoms with van der Waals surface area (Å²) < 4.78 is 38.7. The van der Waals surface area contributed by atoms with E-state index in [1.165, 1.54) is 5.69 Å². The zero-order valence-corrected chi connectivity index (χ0v) is 11.9. The Hall–Kier alpha value is -1.04. The highest BCUT2D eigenvalue weighted by atomic mass is 19.4.